The molecule has 0 aromatic heterocycles. The van der Waals surface area contributed by atoms with E-state index >= 15 is 0 Å². The molecule has 4 atom stereocenters. The van der Waals surface area contributed by atoms with Crippen molar-refractivity contribution in [1.29, 1.82) is 0 Å². The molecule has 1 saturated heterocycles. The zero-order chi connectivity index (χ0) is 14.1. The van der Waals surface area contributed by atoms with Gasteiger partial charge in [0.2, 0.25) is 5.91 Å². The standard InChI is InChI=1S/C15H20N2O3/c1-19-10-4-2-9(3-5-10)8-12(18)17-14-13(16)11-6-7-20-15(11)14/h2-5,11,13-15H,6-8,16H2,1H3,(H,17,18). The molecule has 0 radical (unpaired) electrons. The van der Waals surface area contributed by atoms with Crippen LogP contribution >= 0.6 is 0 Å². The molecule has 2 aliphatic rings. The third kappa shape index (κ3) is 2.39. The number of amides is 1. The molecule has 1 aliphatic heterocycles. The van der Waals surface area contributed by atoms with Crippen LogP contribution in [0.3, 0.4) is 0 Å². The summed E-state index contributed by atoms with van der Waals surface area (Å²) in [6.45, 7) is 0.758. The van der Waals surface area contributed by atoms with E-state index in [0.717, 1.165) is 24.3 Å². The number of carbonyl (C=O) groups excluding carboxylic acids is 1. The number of carbonyl (C=O) groups is 1. The van der Waals surface area contributed by atoms with E-state index in [1.807, 2.05) is 24.3 Å². The van der Waals surface area contributed by atoms with Gasteiger partial charge in [0.05, 0.1) is 25.7 Å². The number of nitrogens with one attached hydrogen (secondary N) is 1. The van der Waals surface area contributed by atoms with Crippen molar-refractivity contribution in [3.05, 3.63) is 29.8 Å². The first-order valence-electron chi connectivity index (χ1n) is 6.98. The lowest BCUT2D eigenvalue weighted by molar-refractivity contribution is -0.125. The SMILES string of the molecule is COc1ccc(CC(=O)NC2C(N)C3CCOC32)cc1. The van der Waals surface area contributed by atoms with Crippen molar-refractivity contribution >= 4 is 5.91 Å². The fourth-order valence-electron chi connectivity index (χ4n) is 3.09. The highest BCUT2D eigenvalue weighted by molar-refractivity contribution is 5.79. The van der Waals surface area contributed by atoms with E-state index in [4.69, 9.17) is 15.2 Å². The lowest BCUT2D eigenvalue weighted by atomic mass is 9.72. The van der Waals surface area contributed by atoms with Crippen molar-refractivity contribution in [2.24, 2.45) is 11.7 Å². The molecule has 4 unspecified atom stereocenters. The van der Waals surface area contributed by atoms with Crippen LogP contribution in [0, 0.1) is 5.92 Å². The van der Waals surface area contributed by atoms with E-state index in [-0.39, 0.29) is 24.1 Å². The molecule has 3 N–H and O–H groups in total. The highest BCUT2D eigenvalue weighted by atomic mass is 16.5. The monoisotopic (exact) mass is 276 g/mol. The molecule has 1 aromatic rings. The average molecular weight is 276 g/mol. The van der Waals surface area contributed by atoms with Gasteiger partial charge in [0, 0.05) is 18.6 Å². The molecule has 1 saturated carbocycles. The fraction of sp³-hybridized carbons (Fsp3) is 0.533. The molecule has 0 spiro atoms. The molecule has 1 heterocycles. The number of benzene rings is 1. The van der Waals surface area contributed by atoms with Crippen molar-refractivity contribution in [3.8, 4) is 5.75 Å². The number of rotatable bonds is 4. The normalized spacial score (nSPS) is 31.3. The minimum atomic E-state index is -0.0340. The molecule has 5 heteroatoms. The van der Waals surface area contributed by atoms with Gasteiger partial charge in [-0.2, -0.15) is 0 Å². The van der Waals surface area contributed by atoms with E-state index in [1.165, 1.54) is 0 Å². The quantitative estimate of drug-likeness (QED) is 0.838. The number of ether oxygens (including phenoxy) is 2. The Kier molecular flexibility index (Phi) is 3.63. The van der Waals surface area contributed by atoms with Crippen LogP contribution in [0.4, 0.5) is 0 Å². The molecule has 2 fully saturated rings. The van der Waals surface area contributed by atoms with Crippen molar-refractivity contribution < 1.29 is 14.3 Å². The molecular weight excluding hydrogens is 256 g/mol. The van der Waals surface area contributed by atoms with Gasteiger partial charge in [-0.1, -0.05) is 12.1 Å². The smallest absolute Gasteiger partial charge is 0.224 e. The van der Waals surface area contributed by atoms with Gasteiger partial charge in [-0.15, -0.1) is 0 Å². The van der Waals surface area contributed by atoms with Gasteiger partial charge < -0.3 is 20.5 Å². The summed E-state index contributed by atoms with van der Waals surface area (Å²) < 4.78 is 10.7. The lowest BCUT2D eigenvalue weighted by Crippen LogP contribution is -2.69. The first kappa shape index (κ1) is 13.4. The third-order valence-corrected chi connectivity index (χ3v) is 4.30. The first-order chi connectivity index (χ1) is 9.69. The van der Waals surface area contributed by atoms with Crippen molar-refractivity contribution in [2.75, 3.05) is 13.7 Å². The molecule has 1 amide bonds. The summed E-state index contributed by atoms with van der Waals surface area (Å²) in [6, 6.07) is 7.50. The predicted octanol–water partition coefficient (Wildman–Crippen LogP) is 0.468. The van der Waals surface area contributed by atoms with Crippen LogP contribution in [0.1, 0.15) is 12.0 Å². The van der Waals surface area contributed by atoms with Crippen LogP contribution in [0.25, 0.3) is 0 Å². The van der Waals surface area contributed by atoms with E-state index in [0.29, 0.717) is 12.3 Å². The van der Waals surface area contributed by atoms with E-state index in [1.54, 1.807) is 7.11 Å². The molecule has 108 valence electrons. The third-order valence-electron chi connectivity index (χ3n) is 4.30. The highest BCUT2D eigenvalue weighted by Crippen LogP contribution is 2.37. The van der Waals surface area contributed by atoms with Crippen molar-refractivity contribution in [3.63, 3.8) is 0 Å². The largest absolute Gasteiger partial charge is 0.497 e. The van der Waals surface area contributed by atoms with Gasteiger partial charge >= 0.3 is 0 Å². The van der Waals surface area contributed by atoms with Gasteiger partial charge in [-0.3, -0.25) is 4.79 Å². The molecule has 3 rings (SSSR count). The van der Waals surface area contributed by atoms with Crippen LogP contribution in [0.15, 0.2) is 24.3 Å². The summed E-state index contributed by atoms with van der Waals surface area (Å²) >= 11 is 0. The number of methoxy groups -OCH3 is 1. The Bertz CT molecular complexity index is 488. The lowest BCUT2D eigenvalue weighted by Gasteiger charge is -2.45. The summed E-state index contributed by atoms with van der Waals surface area (Å²) in [4.78, 5) is 12.1. The average Bonchev–Trinajstić information content (AvgIpc) is 2.90. The van der Waals surface area contributed by atoms with Crippen LogP contribution in [-0.2, 0) is 16.0 Å². The Morgan fingerprint density at radius 2 is 2.20 bits per heavy atom. The Morgan fingerprint density at radius 3 is 2.90 bits per heavy atom. The number of fused-ring (bicyclic) bond motifs is 1. The van der Waals surface area contributed by atoms with E-state index in [9.17, 15) is 4.79 Å². The summed E-state index contributed by atoms with van der Waals surface area (Å²) in [6.07, 6.45) is 1.48. The van der Waals surface area contributed by atoms with Gasteiger partial charge in [0.1, 0.15) is 5.75 Å². The summed E-state index contributed by atoms with van der Waals surface area (Å²) in [5.41, 5.74) is 7.03. The Balaban J connectivity index is 1.54. The Hall–Kier alpha value is -1.59. The van der Waals surface area contributed by atoms with E-state index in [2.05, 4.69) is 5.32 Å². The summed E-state index contributed by atoms with van der Waals surface area (Å²) in [5, 5.41) is 2.99. The number of nitrogens with two attached hydrogens (primary N) is 1. The zero-order valence-electron chi connectivity index (χ0n) is 11.5. The number of hydrogen-bond donors (Lipinski definition) is 2. The van der Waals surface area contributed by atoms with Gasteiger partial charge in [0.15, 0.2) is 0 Å². The molecule has 1 aromatic carbocycles. The van der Waals surface area contributed by atoms with Gasteiger partial charge in [-0.25, -0.2) is 0 Å². The highest BCUT2D eigenvalue weighted by Gasteiger charge is 2.52. The molecule has 20 heavy (non-hydrogen) atoms. The minimum absolute atomic E-state index is 0.00966. The van der Waals surface area contributed by atoms with Gasteiger partial charge in [0.25, 0.3) is 0 Å². The Morgan fingerprint density at radius 1 is 1.45 bits per heavy atom. The predicted molar refractivity (Wildman–Crippen MR) is 74.5 cm³/mol. The Labute approximate surface area is 118 Å². The van der Waals surface area contributed by atoms with Crippen LogP contribution in [0.2, 0.25) is 0 Å². The minimum Gasteiger partial charge on any atom is -0.497 e. The maximum Gasteiger partial charge on any atom is 0.224 e. The zero-order valence-corrected chi connectivity index (χ0v) is 11.5. The molecule has 5 nitrogen and oxygen atoms in total. The number of hydrogen-bond acceptors (Lipinski definition) is 4. The van der Waals surface area contributed by atoms with Crippen molar-refractivity contribution in [2.45, 2.75) is 31.0 Å². The molecule has 0 bridgehead atoms. The molecule has 1 aliphatic carbocycles. The second kappa shape index (κ2) is 5.42. The second-order valence-corrected chi connectivity index (χ2v) is 5.48. The van der Waals surface area contributed by atoms with Crippen LogP contribution in [-0.4, -0.2) is 37.8 Å². The topological polar surface area (TPSA) is 73.6 Å². The van der Waals surface area contributed by atoms with Gasteiger partial charge in [-0.05, 0) is 24.1 Å². The van der Waals surface area contributed by atoms with E-state index < -0.39 is 0 Å². The maximum absolute atomic E-state index is 12.1. The summed E-state index contributed by atoms with van der Waals surface area (Å²) in [5.74, 6) is 1.20. The molecular formula is C15H20N2O3. The summed E-state index contributed by atoms with van der Waals surface area (Å²) in [7, 11) is 1.62. The first-order valence-corrected chi connectivity index (χ1v) is 6.98. The fourth-order valence-corrected chi connectivity index (χ4v) is 3.09. The van der Waals surface area contributed by atoms with Crippen molar-refractivity contribution in [1.82, 2.24) is 5.32 Å². The van der Waals surface area contributed by atoms with Crippen LogP contribution < -0.4 is 15.8 Å². The second-order valence-electron chi connectivity index (χ2n) is 5.48. The van der Waals surface area contributed by atoms with Crippen LogP contribution in [0.5, 0.6) is 5.75 Å². The maximum atomic E-state index is 12.1.